The minimum Gasteiger partial charge on any atom is -0.390 e. The monoisotopic (exact) mass is 1070 g/mol. The highest BCUT2D eigenvalue weighted by Crippen LogP contribution is 2.67. The average molecular weight is 1070 g/mol. The molecule has 30 atom stereocenters. The van der Waals surface area contributed by atoms with Crippen LogP contribution in [0.2, 0.25) is 0 Å². The molecule has 0 amide bonds. The fourth-order valence-corrected chi connectivity index (χ4v) is 15.8. The summed E-state index contributed by atoms with van der Waals surface area (Å²) in [6, 6.07) is 0. The van der Waals surface area contributed by atoms with Crippen LogP contribution in [-0.4, -0.2) is 203 Å². The first-order valence-electron chi connectivity index (χ1n) is 28.3. The summed E-state index contributed by atoms with van der Waals surface area (Å²) in [5.74, 6) is -0.287. The summed E-state index contributed by atoms with van der Waals surface area (Å²) >= 11 is 0. The maximum absolute atomic E-state index is 13.5. The van der Waals surface area contributed by atoms with Crippen LogP contribution in [0.1, 0.15) is 132 Å². The molecular formula is C55H90O20. The molecule has 3 aliphatic carbocycles. The predicted octanol–water partition coefficient (Wildman–Crippen LogP) is 4.45. The molecule has 75 heavy (non-hydrogen) atoms. The van der Waals surface area contributed by atoms with E-state index in [4.69, 9.17) is 75.8 Å². The molecule has 10 rings (SSSR count). The van der Waals surface area contributed by atoms with Crippen molar-refractivity contribution in [1.82, 2.24) is 0 Å². The van der Waals surface area contributed by atoms with E-state index in [9.17, 15) is 20.1 Å². The quantitative estimate of drug-likeness (QED) is 0.204. The third-order valence-electron chi connectivity index (χ3n) is 20.1. The second kappa shape index (κ2) is 22.7. The van der Waals surface area contributed by atoms with Crippen LogP contribution in [0.3, 0.4) is 0 Å². The maximum atomic E-state index is 13.5. The number of rotatable bonds is 14. The van der Waals surface area contributed by atoms with E-state index in [1.54, 1.807) is 35.4 Å². The number of ketones is 1. The standard InChI is InChI=1S/C55H90O20/c1-25-33-18-35(57)52(59)54(33,8)41-24-40-53(7)15-14-32(17-31(53)13-16-55(40,74-25)75-41)69-43-21-37(61-10)50(28(4)66-43)72-46-23-39(63-12)51(30(6)68-46)73-45-22-38(62-11)49(29(5)67-45)71-42-19-34(56)48(27(3)65-42)70-44-20-36(60-9)47(58)26(2)64-44/h25-51,56-58H,13-24H2,1-12H3/t25?,26-,27-,28-,29-,30-,31?,32+,33-,34-,35-,36-,37+,38-,39-,40-,41?,42+,43+,44+,45+,46+,47-,48-,49-,50-,51-,53+,54+,55+/m1/s1. The van der Waals surface area contributed by atoms with Gasteiger partial charge in [0.05, 0.1) is 84.8 Å². The summed E-state index contributed by atoms with van der Waals surface area (Å²) in [7, 11) is 6.53. The summed E-state index contributed by atoms with van der Waals surface area (Å²) in [6.07, 6.45) is -4.75. The Labute approximate surface area is 443 Å². The zero-order chi connectivity index (χ0) is 53.5. The van der Waals surface area contributed by atoms with E-state index in [1.165, 1.54) is 0 Å². The Morgan fingerprint density at radius 2 is 0.960 bits per heavy atom. The molecule has 10 aliphatic rings. The van der Waals surface area contributed by atoms with E-state index < -0.39 is 122 Å². The lowest BCUT2D eigenvalue weighted by atomic mass is 9.52. The Morgan fingerprint density at radius 1 is 0.493 bits per heavy atom. The molecule has 0 radical (unpaired) electrons. The van der Waals surface area contributed by atoms with Crippen LogP contribution >= 0.6 is 0 Å². The fraction of sp³-hybridized carbons (Fsp3) is 0.982. The van der Waals surface area contributed by atoms with E-state index in [0.29, 0.717) is 38.0 Å². The molecule has 10 fully saturated rings. The Morgan fingerprint density at radius 3 is 1.48 bits per heavy atom. The SMILES string of the molecule is CO[C@H]1C[C@H](O[C@H]2CC[C@@]3(C)C(CC[C@@]45OC(C)[C@H]6C[C@@H](O)C(=O)[C@]6(C)C(C[C@@H]43)O5)C2)O[C@H](C)[C@H]1O[C@H]1C[C@@H](OC)[C@H](O[C@H]2C[C@@H](OC)[C@H](O[C@H]3C[C@@H](O)[C@H](O[C@H]4C[C@@H](OC)[C@H](O)[C@@H](C)O4)[C@@H](C)O3)[C@@H](C)O2)[C@@H](C)O1. The van der Waals surface area contributed by atoms with Gasteiger partial charge in [-0.15, -0.1) is 0 Å². The number of Topliss-reactive ketones (excluding diaryl/α,β-unsaturated/α-hetero) is 1. The molecule has 430 valence electrons. The lowest BCUT2D eigenvalue weighted by Crippen LogP contribution is -2.58. The minimum atomic E-state index is -0.955. The minimum absolute atomic E-state index is 0.0187. The Kier molecular flexibility index (Phi) is 17.3. The number of carbonyl (C=O) groups is 1. The molecule has 3 unspecified atom stereocenters. The summed E-state index contributed by atoms with van der Waals surface area (Å²) in [5.41, 5.74) is -0.786. The van der Waals surface area contributed by atoms with Crippen molar-refractivity contribution in [3.63, 3.8) is 0 Å². The molecule has 7 aliphatic heterocycles. The van der Waals surface area contributed by atoms with Crippen LogP contribution < -0.4 is 0 Å². The molecule has 0 aromatic carbocycles. The van der Waals surface area contributed by atoms with Crippen molar-refractivity contribution < 1.29 is 95.9 Å². The first-order chi connectivity index (χ1) is 35.7. The second-order valence-electron chi connectivity index (χ2n) is 24.4. The smallest absolute Gasteiger partial charge is 0.172 e. The van der Waals surface area contributed by atoms with Gasteiger partial charge in [0.2, 0.25) is 0 Å². The number of hydrogen-bond donors (Lipinski definition) is 3. The van der Waals surface area contributed by atoms with Gasteiger partial charge in [-0.25, -0.2) is 0 Å². The van der Waals surface area contributed by atoms with Gasteiger partial charge in [-0.1, -0.05) is 6.92 Å². The van der Waals surface area contributed by atoms with Crippen LogP contribution in [0, 0.1) is 28.6 Å². The Balaban J connectivity index is 0.688. The first-order valence-corrected chi connectivity index (χ1v) is 28.3. The molecule has 2 bridgehead atoms. The molecule has 3 saturated carbocycles. The van der Waals surface area contributed by atoms with Gasteiger partial charge in [0.1, 0.15) is 36.6 Å². The van der Waals surface area contributed by atoms with Crippen LogP contribution in [0.25, 0.3) is 0 Å². The van der Waals surface area contributed by atoms with Crippen molar-refractivity contribution >= 4 is 5.78 Å². The lowest BCUT2D eigenvalue weighted by Gasteiger charge is -2.57. The molecule has 1 spiro atoms. The largest absolute Gasteiger partial charge is 0.390 e. The first kappa shape index (κ1) is 57.2. The van der Waals surface area contributed by atoms with E-state index in [0.717, 1.165) is 38.5 Å². The van der Waals surface area contributed by atoms with E-state index >= 15 is 0 Å². The number of hydrogen-bond acceptors (Lipinski definition) is 20. The summed E-state index contributed by atoms with van der Waals surface area (Å²) in [4.78, 5) is 13.5. The van der Waals surface area contributed by atoms with Gasteiger partial charge < -0.3 is 91.1 Å². The highest BCUT2D eigenvalue weighted by molar-refractivity contribution is 5.91. The molecule has 0 aromatic heterocycles. The van der Waals surface area contributed by atoms with E-state index in [2.05, 4.69) is 13.8 Å². The van der Waals surface area contributed by atoms with Crippen molar-refractivity contribution in [2.75, 3.05) is 28.4 Å². The van der Waals surface area contributed by atoms with Gasteiger partial charge in [-0.05, 0) is 98.3 Å². The van der Waals surface area contributed by atoms with Crippen molar-refractivity contribution in [2.24, 2.45) is 28.6 Å². The zero-order valence-electron chi connectivity index (χ0n) is 46.4. The van der Waals surface area contributed by atoms with Gasteiger partial charge in [-0.2, -0.15) is 0 Å². The van der Waals surface area contributed by atoms with Crippen molar-refractivity contribution in [3.8, 4) is 0 Å². The topological polar surface area (TPSA) is 225 Å². The molecule has 7 heterocycles. The maximum Gasteiger partial charge on any atom is 0.172 e. The van der Waals surface area contributed by atoms with E-state index in [1.807, 2.05) is 34.6 Å². The van der Waals surface area contributed by atoms with Gasteiger partial charge in [0, 0.05) is 78.8 Å². The van der Waals surface area contributed by atoms with Crippen molar-refractivity contribution in [2.45, 2.75) is 286 Å². The van der Waals surface area contributed by atoms with Crippen molar-refractivity contribution in [1.29, 1.82) is 0 Å². The number of methoxy groups -OCH3 is 4. The number of fused-ring (bicyclic) bond motifs is 5. The number of aliphatic hydroxyl groups is 3. The van der Waals surface area contributed by atoms with Gasteiger partial charge >= 0.3 is 0 Å². The Bertz CT molecular complexity index is 1920. The molecule has 20 heteroatoms. The fourth-order valence-electron chi connectivity index (χ4n) is 15.8. The van der Waals surface area contributed by atoms with Crippen molar-refractivity contribution in [3.05, 3.63) is 0 Å². The molecule has 7 saturated heterocycles. The van der Waals surface area contributed by atoms with Gasteiger partial charge in [0.15, 0.2) is 43.0 Å². The highest BCUT2D eigenvalue weighted by Gasteiger charge is 2.71. The highest BCUT2D eigenvalue weighted by atomic mass is 16.8. The van der Waals surface area contributed by atoms with Gasteiger partial charge in [0.25, 0.3) is 0 Å². The average Bonchev–Trinajstić information content (AvgIpc) is 3.92. The second-order valence-corrected chi connectivity index (χ2v) is 24.4. The number of ether oxygens (including phenoxy) is 16. The van der Waals surface area contributed by atoms with Crippen LogP contribution in [0.15, 0.2) is 0 Å². The number of carbonyl (C=O) groups excluding carboxylic acids is 1. The molecule has 20 nitrogen and oxygen atoms in total. The summed E-state index contributed by atoms with van der Waals surface area (Å²) in [6.45, 7) is 15.9. The number of aliphatic hydroxyl groups excluding tert-OH is 3. The van der Waals surface area contributed by atoms with Crippen LogP contribution in [0.4, 0.5) is 0 Å². The zero-order valence-corrected chi connectivity index (χ0v) is 46.4. The molecule has 3 N–H and O–H groups in total. The lowest BCUT2D eigenvalue weighted by molar-refractivity contribution is -0.351. The third kappa shape index (κ3) is 10.7. The van der Waals surface area contributed by atoms with Crippen LogP contribution in [0.5, 0.6) is 0 Å². The molecular weight excluding hydrogens is 981 g/mol. The summed E-state index contributed by atoms with van der Waals surface area (Å²) < 4.78 is 102. The normalized spacial score (nSPS) is 55.2. The predicted molar refractivity (Wildman–Crippen MR) is 262 cm³/mol. The summed E-state index contributed by atoms with van der Waals surface area (Å²) in [5, 5.41) is 32.3. The van der Waals surface area contributed by atoms with Crippen LogP contribution in [-0.2, 0) is 80.6 Å². The Hall–Kier alpha value is -1.09. The molecule has 0 aromatic rings. The van der Waals surface area contributed by atoms with E-state index in [-0.39, 0.29) is 66.1 Å². The third-order valence-corrected chi connectivity index (χ3v) is 20.1. The van der Waals surface area contributed by atoms with Gasteiger partial charge in [-0.3, -0.25) is 4.79 Å².